The molecule has 0 atom stereocenters. The van der Waals surface area contributed by atoms with Crippen molar-refractivity contribution in [1.82, 2.24) is 5.32 Å². The van der Waals surface area contributed by atoms with Crippen LogP contribution in [0.4, 0.5) is 10.5 Å². The Bertz CT molecular complexity index is 1190. The number of rotatable bonds is 6. The number of anilines is 1. The number of nitriles is 1. The minimum Gasteiger partial charge on any atom is -0.490 e. The number of hydrogen-bond acceptors (Lipinski definition) is 6. The summed E-state index contributed by atoms with van der Waals surface area (Å²) in [5.41, 5.74) is 1.39. The third kappa shape index (κ3) is 4.84. The van der Waals surface area contributed by atoms with E-state index in [2.05, 4.69) is 37.2 Å². The smallest absolute Gasteiger partial charge is 0.335 e. The minimum absolute atomic E-state index is 0.169. The van der Waals surface area contributed by atoms with Crippen molar-refractivity contribution in [2.45, 2.75) is 13.8 Å². The summed E-state index contributed by atoms with van der Waals surface area (Å²) < 4.78 is 12.3. The van der Waals surface area contributed by atoms with Gasteiger partial charge in [0.2, 0.25) is 0 Å². The summed E-state index contributed by atoms with van der Waals surface area (Å²) in [5, 5.41) is 11.0. The van der Waals surface area contributed by atoms with Gasteiger partial charge >= 0.3 is 6.03 Å². The molecule has 1 N–H and O–H groups in total. The predicted octanol–water partition coefficient (Wildman–Crippen LogP) is 4.49. The van der Waals surface area contributed by atoms with Gasteiger partial charge in [0.05, 0.1) is 12.3 Å². The molecule has 0 unspecified atom stereocenters. The summed E-state index contributed by atoms with van der Waals surface area (Å²) in [6.45, 7) is 3.78. The molecule has 10 heteroatoms. The lowest BCUT2D eigenvalue weighted by Crippen LogP contribution is -2.54. The van der Waals surface area contributed by atoms with Crippen molar-refractivity contribution in [2.75, 3.05) is 18.1 Å². The molecule has 32 heavy (non-hydrogen) atoms. The number of carbonyl (C=O) groups is 3. The van der Waals surface area contributed by atoms with E-state index in [1.807, 2.05) is 13.0 Å². The Morgan fingerprint density at radius 3 is 2.47 bits per heavy atom. The first-order valence-corrected chi connectivity index (χ1v) is 11.0. The van der Waals surface area contributed by atoms with Crippen LogP contribution in [0.25, 0.3) is 6.08 Å². The van der Waals surface area contributed by atoms with Gasteiger partial charge in [0.25, 0.3) is 11.8 Å². The van der Waals surface area contributed by atoms with Gasteiger partial charge < -0.3 is 9.47 Å². The maximum Gasteiger partial charge on any atom is 0.335 e. The highest BCUT2D eigenvalue weighted by atomic mass is 79.9. The normalized spacial score (nSPS) is 14.9. The maximum atomic E-state index is 13.1. The van der Waals surface area contributed by atoms with Crippen LogP contribution < -0.4 is 19.7 Å². The van der Waals surface area contributed by atoms with Crippen molar-refractivity contribution in [3.63, 3.8) is 0 Å². The Balaban J connectivity index is 2.04. The van der Waals surface area contributed by atoms with Gasteiger partial charge in [-0.3, -0.25) is 14.9 Å². The van der Waals surface area contributed by atoms with Crippen LogP contribution in [0.1, 0.15) is 18.1 Å². The monoisotopic (exact) mass is 561 g/mol. The molecule has 0 radical (unpaired) electrons. The second-order valence-electron chi connectivity index (χ2n) is 6.59. The second kappa shape index (κ2) is 9.97. The molecule has 0 aliphatic carbocycles. The molecular weight excluding hydrogens is 546 g/mol. The highest BCUT2D eigenvalue weighted by molar-refractivity contribution is 9.10. The van der Waals surface area contributed by atoms with E-state index in [4.69, 9.17) is 14.7 Å². The fourth-order valence-electron chi connectivity index (χ4n) is 2.97. The summed E-state index contributed by atoms with van der Waals surface area (Å²) in [4.78, 5) is 39.0. The summed E-state index contributed by atoms with van der Waals surface area (Å²) >= 11 is 6.77. The van der Waals surface area contributed by atoms with Crippen LogP contribution in [0.2, 0.25) is 0 Å². The molecule has 0 saturated carbocycles. The van der Waals surface area contributed by atoms with Crippen molar-refractivity contribution in [3.8, 4) is 17.6 Å². The average Bonchev–Trinajstić information content (AvgIpc) is 2.74. The molecule has 0 bridgehead atoms. The molecule has 3 rings (SSSR count). The van der Waals surface area contributed by atoms with E-state index in [1.165, 1.54) is 6.08 Å². The highest BCUT2D eigenvalue weighted by Gasteiger charge is 2.37. The number of halogens is 2. The third-order valence-electron chi connectivity index (χ3n) is 4.46. The summed E-state index contributed by atoms with van der Waals surface area (Å²) in [6, 6.07) is 9.21. The van der Waals surface area contributed by atoms with E-state index >= 15 is 0 Å². The molecule has 1 heterocycles. The van der Waals surface area contributed by atoms with Gasteiger partial charge in [-0.2, -0.15) is 5.26 Å². The average molecular weight is 563 g/mol. The maximum absolute atomic E-state index is 13.1. The Morgan fingerprint density at radius 1 is 1.09 bits per heavy atom. The van der Waals surface area contributed by atoms with E-state index in [-0.39, 0.29) is 12.2 Å². The molecule has 4 amide bonds. The van der Waals surface area contributed by atoms with Gasteiger partial charge in [0.15, 0.2) is 18.1 Å². The highest BCUT2D eigenvalue weighted by Crippen LogP contribution is 2.35. The SMILES string of the molecule is CCOc1cc(/C=C2\C(=O)NC(=O)N(c3ccc(Br)c(C)c3)C2=O)c(Br)cc1OCC#N. The van der Waals surface area contributed by atoms with Crippen LogP contribution in [0, 0.1) is 18.3 Å². The molecule has 2 aromatic carbocycles. The number of imide groups is 2. The fourth-order valence-corrected chi connectivity index (χ4v) is 3.65. The molecule has 164 valence electrons. The van der Waals surface area contributed by atoms with Crippen LogP contribution in [-0.4, -0.2) is 31.1 Å². The first-order chi connectivity index (χ1) is 15.3. The lowest BCUT2D eigenvalue weighted by atomic mass is 10.1. The van der Waals surface area contributed by atoms with Gasteiger partial charge in [-0.25, -0.2) is 9.69 Å². The number of nitrogens with one attached hydrogen (secondary N) is 1. The molecule has 1 fully saturated rings. The standard InChI is InChI=1S/C22H17Br2N3O5/c1-3-31-18-10-13(17(24)11-19(18)32-7-6-25)9-15-20(28)26-22(30)27(21(15)29)14-4-5-16(23)12(2)8-14/h4-5,8-11H,3,7H2,1-2H3,(H,26,28,30)/b15-9+. The number of aryl methyl sites for hydroxylation is 1. The van der Waals surface area contributed by atoms with E-state index in [0.29, 0.717) is 33.8 Å². The summed E-state index contributed by atoms with van der Waals surface area (Å²) in [6.07, 6.45) is 1.36. The lowest BCUT2D eigenvalue weighted by molar-refractivity contribution is -0.122. The van der Waals surface area contributed by atoms with Crippen molar-refractivity contribution in [3.05, 3.63) is 56.0 Å². The van der Waals surface area contributed by atoms with Crippen molar-refractivity contribution in [1.29, 1.82) is 5.26 Å². The van der Waals surface area contributed by atoms with Gasteiger partial charge in [-0.05, 0) is 61.4 Å². The van der Waals surface area contributed by atoms with E-state index in [0.717, 1.165) is 14.9 Å². The zero-order valence-corrected chi connectivity index (χ0v) is 20.2. The van der Waals surface area contributed by atoms with Crippen LogP contribution in [0.15, 0.2) is 44.9 Å². The first kappa shape index (κ1) is 23.5. The third-order valence-corrected chi connectivity index (χ3v) is 6.03. The zero-order chi connectivity index (χ0) is 23.4. The van der Waals surface area contributed by atoms with Gasteiger partial charge in [-0.15, -0.1) is 0 Å². The molecule has 0 aromatic heterocycles. The number of barbiturate groups is 1. The lowest BCUT2D eigenvalue weighted by Gasteiger charge is -2.27. The van der Waals surface area contributed by atoms with Crippen molar-refractivity contribution in [2.24, 2.45) is 0 Å². The molecule has 1 aliphatic rings. The topological polar surface area (TPSA) is 109 Å². The molecule has 2 aromatic rings. The number of hydrogen-bond donors (Lipinski definition) is 1. The van der Waals surface area contributed by atoms with Crippen molar-refractivity contribution < 1.29 is 23.9 Å². The molecule has 8 nitrogen and oxygen atoms in total. The molecule has 1 saturated heterocycles. The van der Waals surface area contributed by atoms with Crippen LogP contribution in [0.3, 0.4) is 0 Å². The Hall–Kier alpha value is -3.16. The van der Waals surface area contributed by atoms with Gasteiger partial charge in [0, 0.05) is 8.95 Å². The van der Waals surface area contributed by atoms with Crippen LogP contribution >= 0.6 is 31.9 Å². The number of urea groups is 1. The first-order valence-electron chi connectivity index (χ1n) is 9.40. The molecule has 1 aliphatic heterocycles. The van der Waals surface area contributed by atoms with Gasteiger partial charge in [0.1, 0.15) is 11.6 Å². The van der Waals surface area contributed by atoms with E-state index in [1.54, 1.807) is 37.3 Å². The van der Waals surface area contributed by atoms with Crippen LogP contribution in [0.5, 0.6) is 11.5 Å². The quantitative estimate of drug-likeness (QED) is 0.410. The fraction of sp³-hybridized carbons (Fsp3) is 0.182. The van der Waals surface area contributed by atoms with Gasteiger partial charge in [-0.1, -0.05) is 31.9 Å². The summed E-state index contributed by atoms with van der Waals surface area (Å²) in [7, 11) is 0. The van der Waals surface area contributed by atoms with Crippen LogP contribution in [-0.2, 0) is 9.59 Å². The number of ether oxygens (including phenoxy) is 2. The Labute approximate surface area is 201 Å². The van der Waals surface area contributed by atoms with E-state index < -0.39 is 17.8 Å². The largest absolute Gasteiger partial charge is 0.490 e. The second-order valence-corrected chi connectivity index (χ2v) is 8.30. The number of benzene rings is 2. The van der Waals surface area contributed by atoms with Crippen molar-refractivity contribution >= 4 is 61.5 Å². The number of carbonyl (C=O) groups excluding carboxylic acids is 3. The number of nitrogens with zero attached hydrogens (tertiary/aromatic N) is 2. The summed E-state index contributed by atoms with van der Waals surface area (Å²) in [5.74, 6) is -0.878. The molecular formula is C22H17Br2N3O5. The Morgan fingerprint density at radius 2 is 1.81 bits per heavy atom. The molecule has 0 spiro atoms. The minimum atomic E-state index is -0.826. The Kier molecular flexibility index (Phi) is 7.33. The number of amides is 4. The van der Waals surface area contributed by atoms with E-state index in [9.17, 15) is 14.4 Å². The predicted molar refractivity (Wildman–Crippen MR) is 124 cm³/mol. The zero-order valence-electron chi connectivity index (χ0n) is 17.1.